The average molecular weight is 522 g/mol. The maximum absolute atomic E-state index is 12.7. The van der Waals surface area contributed by atoms with Gasteiger partial charge in [-0.15, -0.1) is 0 Å². The second kappa shape index (κ2) is 11.5. The number of nitrogens with one attached hydrogen (secondary N) is 5. The molecule has 0 aromatic heterocycles. The minimum atomic E-state index is -3.87. The van der Waals surface area contributed by atoms with Gasteiger partial charge in [0.1, 0.15) is 0 Å². The molecule has 35 heavy (non-hydrogen) atoms. The molecule has 2 aromatic rings. The summed E-state index contributed by atoms with van der Waals surface area (Å²) < 4.78 is 55.1. The predicted molar refractivity (Wildman–Crippen MR) is 140 cm³/mol. The van der Waals surface area contributed by atoms with Gasteiger partial charge in [0.05, 0.1) is 15.6 Å². The molecule has 2 aromatic carbocycles. The van der Waals surface area contributed by atoms with Crippen molar-refractivity contribution in [3.8, 4) is 0 Å². The Labute approximate surface area is 207 Å². The number of carbonyl (C=O) groups is 1. The number of rotatable bonds is 11. The fourth-order valence-electron chi connectivity index (χ4n) is 3.13. The molecule has 0 unspecified atom stereocenters. The zero-order valence-electron chi connectivity index (χ0n) is 20.3. The van der Waals surface area contributed by atoms with Crippen molar-refractivity contribution in [2.45, 2.75) is 36.6 Å². The summed E-state index contributed by atoms with van der Waals surface area (Å²) in [6, 6.07) is 9.30. The van der Waals surface area contributed by atoms with Crippen LogP contribution in [0.2, 0.25) is 0 Å². The van der Waals surface area contributed by atoms with Crippen LogP contribution in [0.1, 0.15) is 31.9 Å². The highest BCUT2D eigenvalue weighted by atomic mass is 32.2. The van der Waals surface area contributed by atoms with E-state index in [-0.39, 0.29) is 21.7 Å². The van der Waals surface area contributed by atoms with Crippen molar-refractivity contribution >= 4 is 49.5 Å². The van der Waals surface area contributed by atoms with Crippen molar-refractivity contribution in [3.63, 3.8) is 0 Å². The van der Waals surface area contributed by atoms with E-state index >= 15 is 0 Å². The summed E-state index contributed by atoms with van der Waals surface area (Å²) >= 11 is 0. The molecule has 0 saturated heterocycles. The molecule has 0 atom stereocenters. The summed E-state index contributed by atoms with van der Waals surface area (Å²) in [5, 5.41) is 8.67. The van der Waals surface area contributed by atoms with Gasteiger partial charge in [-0.2, -0.15) is 0 Å². The largest absolute Gasteiger partial charge is 0.370 e. The van der Waals surface area contributed by atoms with E-state index < -0.39 is 20.0 Å². The number of hydrogen-bond donors (Lipinski definition) is 5. The highest BCUT2D eigenvalue weighted by molar-refractivity contribution is 7.89. The van der Waals surface area contributed by atoms with Gasteiger partial charge in [-0.05, 0) is 63.3 Å². The van der Waals surface area contributed by atoms with Crippen LogP contribution < -0.4 is 25.4 Å². The van der Waals surface area contributed by atoms with Crippen LogP contribution in [0.5, 0.6) is 0 Å². The SMILES string of the molecule is C=C(Nc1ccc(/C=C/c2ccc(NC(C)=O)cc2S(=O)(=O)NC)c(S(=O)(=O)NC)c1)NC(C)C. The first kappa shape index (κ1) is 28.1. The van der Waals surface area contributed by atoms with Gasteiger partial charge < -0.3 is 16.0 Å². The van der Waals surface area contributed by atoms with Crippen molar-refractivity contribution in [1.82, 2.24) is 14.8 Å². The first-order valence-corrected chi connectivity index (χ1v) is 13.6. The summed E-state index contributed by atoms with van der Waals surface area (Å²) in [4.78, 5) is 11.3. The lowest BCUT2D eigenvalue weighted by Crippen LogP contribution is -2.25. The van der Waals surface area contributed by atoms with Crippen molar-refractivity contribution in [1.29, 1.82) is 0 Å². The molecule has 10 nitrogen and oxygen atoms in total. The van der Waals surface area contributed by atoms with Gasteiger partial charge in [-0.1, -0.05) is 30.9 Å². The molecule has 190 valence electrons. The van der Waals surface area contributed by atoms with Crippen LogP contribution >= 0.6 is 0 Å². The Morgan fingerprint density at radius 3 is 1.63 bits per heavy atom. The summed E-state index contributed by atoms with van der Waals surface area (Å²) in [6.45, 7) is 9.09. The molecule has 0 bridgehead atoms. The molecule has 5 N–H and O–H groups in total. The van der Waals surface area contributed by atoms with Crippen LogP contribution in [0.15, 0.2) is 58.6 Å². The standard InChI is InChI=1S/C23H31N5O5S2/c1-15(2)26-16(3)27-20-11-9-18(22(13-20)34(30,31)24-5)7-8-19-10-12-21(28-17(4)29)14-23(19)35(32,33)25-6/h7-15,24-27H,3H2,1-2,4-6H3,(H,28,29)/b8-7+. The first-order chi connectivity index (χ1) is 16.3. The van der Waals surface area contributed by atoms with E-state index in [0.29, 0.717) is 28.3 Å². The van der Waals surface area contributed by atoms with Gasteiger partial charge in [0.2, 0.25) is 26.0 Å². The van der Waals surface area contributed by atoms with Crippen LogP contribution in [-0.2, 0) is 24.8 Å². The minimum Gasteiger partial charge on any atom is -0.370 e. The highest BCUT2D eigenvalue weighted by Gasteiger charge is 2.19. The van der Waals surface area contributed by atoms with Crippen LogP contribution in [0, 0.1) is 0 Å². The Kier molecular flexibility index (Phi) is 9.21. The van der Waals surface area contributed by atoms with Crippen LogP contribution in [-0.4, -0.2) is 42.9 Å². The number of carbonyl (C=O) groups excluding carboxylic acids is 1. The van der Waals surface area contributed by atoms with E-state index in [1.54, 1.807) is 18.2 Å². The highest BCUT2D eigenvalue weighted by Crippen LogP contribution is 2.26. The van der Waals surface area contributed by atoms with E-state index in [4.69, 9.17) is 0 Å². The van der Waals surface area contributed by atoms with Crippen molar-refractivity contribution < 1.29 is 21.6 Å². The van der Waals surface area contributed by atoms with Crippen LogP contribution in [0.3, 0.4) is 0 Å². The molecule has 12 heteroatoms. The summed E-state index contributed by atoms with van der Waals surface area (Å²) in [6.07, 6.45) is 3.01. The number of amides is 1. The number of benzene rings is 2. The Bertz CT molecular complexity index is 1350. The minimum absolute atomic E-state index is 0.00788. The molecule has 0 fully saturated rings. The molecule has 2 rings (SSSR count). The van der Waals surface area contributed by atoms with Gasteiger partial charge in [-0.3, -0.25) is 4.79 Å². The zero-order chi connectivity index (χ0) is 26.4. The van der Waals surface area contributed by atoms with E-state index in [1.807, 2.05) is 13.8 Å². The second-order valence-corrected chi connectivity index (χ2v) is 11.5. The Balaban J connectivity index is 2.55. The fourth-order valence-corrected chi connectivity index (χ4v) is 5.02. The van der Waals surface area contributed by atoms with Crippen molar-refractivity contribution in [2.24, 2.45) is 0 Å². The van der Waals surface area contributed by atoms with Gasteiger partial charge in [0, 0.05) is 24.3 Å². The van der Waals surface area contributed by atoms with E-state index in [9.17, 15) is 21.6 Å². The number of hydrogen-bond acceptors (Lipinski definition) is 7. The molecular weight excluding hydrogens is 490 g/mol. The molecule has 0 aliphatic heterocycles. The normalized spacial score (nSPS) is 12.1. The third-order valence-corrected chi connectivity index (χ3v) is 7.60. The number of anilines is 2. The van der Waals surface area contributed by atoms with Crippen molar-refractivity contribution in [2.75, 3.05) is 24.7 Å². The third-order valence-electron chi connectivity index (χ3n) is 4.66. The maximum Gasteiger partial charge on any atom is 0.240 e. The first-order valence-electron chi connectivity index (χ1n) is 10.6. The van der Waals surface area contributed by atoms with Gasteiger partial charge in [0.25, 0.3) is 0 Å². The summed E-state index contributed by atoms with van der Waals surface area (Å²) in [5.74, 6) is 0.167. The topological polar surface area (TPSA) is 146 Å². The molecular formula is C23H31N5O5S2. The van der Waals surface area contributed by atoms with Gasteiger partial charge >= 0.3 is 0 Å². The Morgan fingerprint density at radius 2 is 1.26 bits per heavy atom. The molecule has 0 saturated carbocycles. The Morgan fingerprint density at radius 1 is 0.829 bits per heavy atom. The quantitative estimate of drug-likeness (QED) is 0.286. The lowest BCUT2D eigenvalue weighted by molar-refractivity contribution is -0.114. The van der Waals surface area contributed by atoms with Gasteiger partial charge in [0.15, 0.2) is 0 Å². The van der Waals surface area contributed by atoms with Crippen molar-refractivity contribution in [3.05, 3.63) is 59.9 Å². The summed E-state index contributed by atoms with van der Waals surface area (Å²) in [5.41, 5.74) is 1.46. The molecule has 1 amide bonds. The smallest absolute Gasteiger partial charge is 0.240 e. The fraction of sp³-hybridized carbons (Fsp3) is 0.261. The second-order valence-electron chi connectivity index (χ2n) is 7.84. The van der Waals surface area contributed by atoms with Crippen LogP contribution in [0.25, 0.3) is 12.2 Å². The third kappa shape index (κ3) is 7.65. The molecule has 0 radical (unpaired) electrons. The molecule has 0 aliphatic carbocycles. The lowest BCUT2D eigenvalue weighted by atomic mass is 10.1. The zero-order valence-corrected chi connectivity index (χ0v) is 21.9. The Hall–Kier alpha value is -3.19. The van der Waals surface area contributed by atoms with Crippen LogP contribution in [0.4, 0.5) is 11.4 Å². The van der Waals surface area contributed by atoms with E-state index in [2.05, 4.69) is 32.0 Å². The molecule has 0 heterocycles. The maximum atomic E-state index is 12.7. The monoisotopic (exact) mass is 521 g/mol. The lowest BCUT2D eigenvalue weighted by Gasteiger charge is -2.16. The predicted octanol–water partition coefficient (Wildman–Crippen LogP) is 2.51. The number of sulfonamides is 2. The summed E-state index contributed by atoms with van der Waals surface area (Å²) in [7, 11) is -5.14. The van der Waals surface area contributed by atoms with Gasteiger partial charge in [-0.25, -0.2) is 26.3 Å². The average Bonchev–Trinajstić information content (AvgIpc) is 2.77. The van der Waals surface area contributed by atoms with E-state index in [1.165, 1.54) is 51.4 Å². The molecule has 0 aliphatic rings. The molecule has 0 spiro atoms. The van der Waals surface area contributed by atoms with E-state index in [0.717, 1.165) is 0 Å².